The minimum absolute atomic E-state index is 0.149. The highest BCUT2D eigenvalue weighted by molar-refractivity contribution is 5.91. The summed E-state index contributed by atoms with van der Waals surface area (Å²) in [5.74, 6) is -0.253. The number of benzene rings is 1. The summed E-state index contributed by atoms with van der Waals surface area (Å²) in [6, 6.07) is 7.48. The Hall–Kier alpha value is -1.35. The van der Waals surface area contributed by atoms with Crippen molar-refractivity contribution in [3.05, 3.63) is 35.4 Å². The molecule has 1 unspecified atom stereocenters. The third-order valence-corrected chi connectivity index (χ3v) is 3.12. The summed E-state index contributed by atoms with van der Waals surface area (Å²) in [5, 5.41) is 0. The third kappa shape index (κ3) is 5.43. The van der Waals surface area contributed by atoms with Crippen LogP contribution in [0.2, 0.25) is 0 Å². The number of ether oxygens (including phenoxy) is 2. The van der Waals surface area contributed by atoms with Crippen molar-refractivity contribution in [1.82, 2.24) is 0 Å². The summed E-state index contributed by atoms with van der Waals surface area (Å²) in [4.78, 5) is 12.1. The molecule has 0 amide bonds. The van der Waals surface area contributed by atoms with Crippen molar-refractivity contribution in [3.8, 4) is 0 Å². The molecule has 1 aromatic carbocycles. The molecule has 0 aliphatic carbocycles. The Kier molecular flexibility index (Phi) is 7.19. The first kappa shape index (κ1) is 15.7. The van der Waals surface area contributed by atoms with Gasteiger partial charge in [-0.1, -0.05) is 38.0 Å². The van der Waals surface area contributed by atoms with Crippen molar-refractivity contribution >= 4 is 5.97 Å². The Labute approximate surface area is 115 Å². The molecule has 0 saturated carbocycles. The molecule has 0 aliphatic rings. The molecule has 3 heteroatoms. The van der Waals surface area contributed by atoms with Crippen molar-refractivity contribution in [2.45, 2.75) is 45.6 Å². The first-order chi connectivity index (χ1) is 9.19. The van der Waals surface area contributed by atoms with Crippen LogP contribution in [0.3, 0.4) is 0 Å². The molecular formula is C16H24O3. The topological polar surface area (TPSA) is 35.5 Å². The molecule has 1 atom stereocenters. The maximum atomic E-state index is 12.1. The van der Waals surface area contributed by atoms with Crippen LogP contribution in [0.1, 0.15) is 48.5 Å². The largest absolute Gasteiger partial charge is 0.456 e. The second kappa shape index (κ2) is 8.70. The molecule has 0 fully saturated rings. The third-order valence-electron chi connectivity index (χ3n) is 3.12. The average Bonchev–Trinajstić information content (AvgIpc) is 2.39. The molecule has 0 aromatic heterocycles. The van der Waals surface area contributed by atoms with E-state index in [0.717, 1.165) is 31.2 Å². The summed E-state index contributed by atoms with van der Waals surface area (Å²) < 4.78 is 10.7. The highest BCUT2D eigenvalue weighted by Gasteiger charge is 2.16. The lowest BCUT2D eigenvalue weighted by Gasteiger charge is -2.17. The maximum absolute atomic E-state index is 12.1. The van der Waals surface area contributed by atoms with Crippen LogP contribution in [0, 0.1) is 6.92 Å². The van der Waals surface area contributed by atoms with Crippen LogP contribution >= 0.6 is 0 Å². The van der Waals surface area contributed by atoms with Crippen molar-refractivity contribution in [3.63, 3.8) is 0 Å². The Morgan fingerprint density at radius 3 is 2.63 bits per heavy atom. The van der Waals surface area contributed by atoms with Crippen LogP contribution < -0.4 is 0 Å². The second-order valence-electron chi connectivity index (χ2n) is 4.79. The number of unbranched alkanes of at least 4 members (excludes halogenated alkanes) is 2. The predicted octanol–water partition coefficient (Wildman–Crippen LogP) is 3.75. The predicted molar refractivity (Wildman–Crippen MR) is 76.4 cm³/mol. The van der Waals surface area contributed by atoms with E-state index in [-0.39, 0.29) is 12.1 Å². The van der Waals surface area contributed by atoms with E-state index in [9.17, 15) is 4.79 Å². The van der Waals surface area contributed by atoms with E-state index in [0.29, 0.717) is 12.2 Å². The summed E-state index contributed by atoms with van der Waals surface area (Å²) in [7, 11) is 1.63. The van der Waals surface area contributed by atoms with Gasteiger partial charge in [-0.05, 0) is 31.4 Å². The molecule has 0 radical (unpaired) electrons. The highest BCUT2D eigenvalue weighted by Crippen LogP contribution is 2.13. The smallest absolute Gasteiger partial charge is 0.338 e. The number of aryl methyl sites for hydroxylation is 1. The van der Waals surface area contributed by atoms with E-state index in [2.05, 4.69) is 6.92 Å². The summed E-state index contributed by atoms with van der Waals surface area (Å²) >= 11 is 0. The van der Waals surface area contributed by atoms with Crippen LogP contribution in [0.25, 0.3) is 0 Å². The van der Waals surface area contributed by atoms with Gasteiger partial charge in [-0.25, -0.2) is 4.79 Å². The number of methoxy groups -OCH3 is 1. The lowest BCUT2D eigenvalue weighted by Crippen LogP contribution is -2.23. The number of hydrogen-bond donors (Lipinski definition) is 0. The molecule has 19 heavy (non-hydrogen) atoms. The number of esters is 1. The lowest BCUT2D eigenvalue weighted by molar-refractivity contribution is 0.00234. The second-order valence-corrected chi connectivity index (χ2v) is 4.79. The summed E-state index contributed by atoms with van der Waals surface area (Å²) in [6.45, 7) is 4.53. The van der Waals surface area contributed by atoms with Gasteiger partial charge in [0.2, 0.25) is 0 Å². The van der Waals surface area contributed by atoms with Crippen molar-refractivity contribution in [2.24, 2.45) is 0 Å². The van der Waals surface area contributed by atoms with Crippen molar-refractivity contribution in [2.75, 3.05) is 13.7 Å². The molecule has 106 valence electrons. The number of hydrogen-bond acceptors (Lipinski definition) is 3. The molecular weight excluding hydrogens is 240 g/mol. The van der Waals surface area contributed by atoms with Gasteiger partial charge in [0.1, 0.15) is 6.10 Å². The molecule has 0 bridgehead atoms. The van der Waals surface area contributed by atoms with Gasteiger partial charge < -0.3 is 9.47 Å². The van der Waals surface area contributed by atoms with E-state index in [1.54, 1.807) is 13.2 Å². The lowest BCUT2D eigenvalue weighted by atomic mass is 10.1. The quantitative estimate of drug-likeness (QED) is 0.530. The van der Waals surface area contributed by atoms with E-state index >= 15 is 0 Å². The van der Waals surface area contributed by atoms with Gasteiger partial charge in [0, 0.05) is 7.11 Å². The average molecular weight is 264 g/mol. The molecule has 3 nitrogen and oxygen atoms in total. The summed E-state index contributed by atoms with van der Waals surface area (Å²) in [6.07, 6.45) is 4.09. The number of rotatable bonds is 8. The van der Waals surface area contributed by atoms with Crippen molar-refractivity contribution in [1.29, 1.82) is 0 Å². The van der Waals surface area contributed by atoms with Gasteiger partial charge in [0.15, 0.2) is 0 Å². The van der Waals surface area contributed by atoms with E-state index in [1.807, 2.05) is 25.1 Å². The summed E-state index contributed by atoms with van der Waals surface area (Å²) in [5.41, 5.74) is 1.58. The van der Waals surface area contributed by atoms with E-state index in [4.69, 9.17) is 9.47 Å². The Bertz CT molecular complexity index is 387. The van der Waals surface area contributed by atoms with Crippen LogP contribution in [0.15, 0.2) is 24.3 Å². The molecule has 1 aromatic rings. The zero-order chi connectivity index (χ0) is 14.1. The molecule has 0 heterocycles. The Morgan fingerprint density at radius 2 is 2.00 bits per heavy atom. The SMILES string of the molecule is CCCCCC(COC)OC(=O)c1ccccc1C. The standard InChI is InChI=1S/C16H24O3/c1-4-5-6-10-14(12-18-3)19-16(17)15-11-8-7-9-13(15)2/h7-9,11,14H,4-6,10,12H2,1-3H3. The van der Waals surface area contributed by atoms with Crippen LogP contribution in [0.4, 0.5) is 0 Å². The Balaban J connectivity index is 2.58. The van der Waals surface area contributed by atoms with Crippen LogP contribution in [-0.2, 0) is 9.47 Å². The van der Waals surface area contributed by atoms with E-state index in [1.165, 1.54) is 0 Å². The first-order valence-corrected chi connectivity index (χ1v) is 6.94. The highest BCUT2D eigenvalue weighted by atomic mass is 16.6. The minimum Gasteiger partial charge on any atom is -0.456 e. The van der Waals surface area contributed by atoms with Gasteiger partial charge in [-0.3, -0.25) is 0 Å². The van der Waals surface area contributed by atoms with Crippen LogP contribution in [-0.4, -0.2) is 25.8 Å². The molecule has 0 N–H and O–H groups in total. The van der Waals surface area contributed by atoms with Crippen LogP contribution in [0.5, 0.6) is 0 Å². The van der Waals surface area contributed by atoms with Crippen molar-refractivity contribution < 1.29 is 14.3 Å². The van der Waals surface area contributed by atoms with E-state index < -0.39 is 0 Å². The monoisotopic (exact) mass is 264 g/mol. The van der Waals surface area contributed by atoms with Gasteiger partial charge in [-0.2, -0.15) is 0 Å². The molecule has 0 saturated heterocycles. The normalized spacial score (nSPS) is 12.2. The number of carbonyl (C=O) groups is 1. The molecule has 1 rings (SSSR count). The Morgan fingerprint density at radius 1 is 1.26 bits per heavy atom. The number of carbonyl (C=O) groups excluding carboxylic acids is 1. The fourth-order valence-electron chi connectivity index (χ4n) is 2.00. The molecule has 0 spiro atoms. The fourth-order valence-corrected chi connectivity index (χ4v) is 2.00. The zero-order valence-electron chi connectivity index (χ0n) is 12.1. The first-order valence-electron chi connectivity index (χ1n) is 6.94. The van der Waals surface area contributed by atoms with Gasteiger partial charge in [-0.15, -0.1) is 0 Å². The molecule has 0 aliphatic heterocycles. The van der Waals surface area contributed by atoms with Gasteiger partial charge >= 0.3 is 5.97 Å². The minimum atomic E-state index is -0.253. The fraction of sp³-hybridized carbons (Fsp3) is 0.562. The van der Waals surface area contributed by atoms with Gasteiger partial charge in [0.05, 0.1) is 12.2 Å². The maximum Gasteiger partial charge on any atom is 0.338 e. The van der Waals surface area contributed by atoms with Gasteiger partial charge in [0.25, 0.3) is 0 Å². The zero-order valence-corrected chi connectivity index (χ0v) is 12.1.